The van der Waals surface area contributed by atoms with E-state index in [2.05, 4.69) is 15.6 Å². The van der Waals surface area contributed by atoms with Crippen LogP contribution in [0.4, 0.5) is 5.82 Å². The molecule has 0 aromatic carbocycles. The molecular weight excluding hydrogens is 354 g/mol. The van der Waals surface area contributed by atoms with E-state index < -0.39 is 0 Å². The summed E-state index contributed by atoms with van der Waals surface area (Å²) in [6.07, 6.45) is 6.24. The molecule has 0 aliphatic carbocycles. The van der Waals surface area contributed by atoms with Crippen LogP contribution in [0, 0.1) is 0 Å². The number of anilines is 1. The summed E-state index contributed by atoms with van der Waals surface area (Å²) in [6, 6.07) is 9.90. The van der Waals surface area contributed by atoms with Gasteiger partial charge in [-0.2, -0.15) is 0 Å². The number of hydrogen-bond donors (Lipinski definition) is 2. The van der Waals surface area contributed by atoms with Gasteiger partial charge in [0.1, 0.15) is 11.6 Å². The van der Waals surface area contributed by atoms with Gasteiger partial charge in [-0.15, -0.1) is 0 Å². The summed E-state index contributed by atoms with van der Waals surface area (Å²) in [5.74, 6) is 2.67. The Morgan fingerprint density at radius 2 is 2.14 bits per heavy atom. The lowest BCUT2D eigenvalue weighted by atomic mass is 10.1. The van der Waals surface area contributed by atoms with Crippen molar-refractivity contribution in [1.82, 2.24) is 15.6 Å². The minimum Gasteiger partial charge on any atom is -0.469 e. The number of pyridine rings is 1. The molecule has 152 valence electrons. The van der Waals surface area contributed by atoms with E-state index in [1.807, 2.05) is 49.3 Å². The minimum atomic E-state index is 0.251. The van der Waals surface area contributed by atoms with Gasteiger partial charge in [0.15, 0.2) is 5.96 Å². The SMILES string of the molecule is CN(C)c1cccc(CN=C(NCCc2ccco2)NCC2CCCCO2)n1. The molecule has 1 atom stereocenters. The van der Waals surface area contributed by atoms with Crippen LogP contribution in [-0.4, -0.2) is 50.8 Å². The van der Waals surface area contributed by atoms with E-state index in [9.17, 15) is 0 Å². The van der Waals surface area contributed by atoms with Gasteiger partial charge in [0, 0.05) is 40.2 Å². The molecular formula is C21H31N5O2. The Morgan fingerprint density at radius 1 is 1.21 bits per heavy atom. The van der Waals surface area contributed by atoms with E-state index in [1.165, 1.54) is 6.42 Å². The summed E-state index contributed by atoms with van der Waals surface area (Å²) in [5, 5.41) is 6.81. The molecule has 1 saturated heterocycles. The number of aromatic nitrogens is 1. The lowest BCUT2D eigenvalue weighted by Crippen LogP contribution is -2.43. The van der Waals surface area contributed by atoms with Gasteiger partial charge in [-0.05, 0) is 43.5 Å². The smallest absolute Gasteiger partial charge is 0.191 e. The third-order valence-electron chi connectivity index (χ3n) is 4.66. The molecule has 2 aromatic rings. The van der Waals surface area contributed by atoms with E-state index >= 15 is 0 Å². The van der Waals surface area contributed by atoms with Crippen molar-refractivity contribution in [3.05, 3.63) is 48.0 Å². The van der Waals surface area contributed by atoms with Crippen LogP contribution < -0.4 is 15.5 Å². The first-order valence-electron chi connectivity index (χ1n) is 10.00. The molecule has 3 heterocycles. The molecule has 7 nitrogen and oxygen atoms in total. The molecule has 1 aliphatic heterocycles. The minimum absolute atomic E-state index is 0.251. The molecule has 0 radical (unpaired) electrons. The van der Waals surface area contributed by atoms with Gasteiger partial charge in [0.05, 0.1) is 24.6 Å². The summed E-state index contributed by atoms with van der Waals surface area (Å²) in [7, 11) is 3.98. The highest BCUT2D eigenvalue weighted by Gasteiger charge is 2.14. The quantitative estimate of drug-likeness (QED) is 0.537. The number of nitrogens with one attached hydrogen (secondary N) is 2. The normalized spacial score (nSPS) is 17.4. The summed E-state index contributed by atoms with van der Waals surface area (Å²) in [5.41, 5.74) is 0.937. The largest absolute Gasteiger partial charge is 0.469 e. The van der Waals surface area contributed by atoms with Crippen molar-refractivity contribution < 1.29 is 9.15 Å². The molecule has 1 fully saturated rings. The average Bonchev–Trinajstić information content (AvgIpc) is 3.24. The van der Waals surface area contributed by atoms with Crippen molar-refractivity contribution in [1.29, 1.82) is 0 Å². The fourth-order valence-corrected chi connectivity index (χ4v) is 3.08. The fraction of sp³-hybridized carbons (Fsp3) is 0.524. The number of aliphatic imine (C=N–C) groups is 1. The van der Waals surface area contributed by atoms with Crippen molar-refractivity contribution in [2.24, 2.45) is 4.99 Å². The third-order valence-corrected chi connectivity index (χ3v) is 4.66. The Balaban J connectivity index is 1.58. The lowest BCUT2D eigenvalue weighted by Gasteiger charge is -2.23. The Hall–Kier alpha value is -2.54. The lowest BCUT2D eigenvalue weighted by molar-refractivity contribution is 0.0194. The Morgan fingerprint density at radius 3 is 2.89 bits per heavy atom. The molecule has 2 aromatic heterocycles. The van der Waals surface area contributed by atoms with Crippen LogP contribution in [0.3, 0.4) is 0 Å². The molecule has 2 N–H and O–H groups in total. The first-order valence-corrected chi connectivity index (χ1v) is 10.00. The molecule has 0 bridgehead atoms. The zero-order chi connectivity index (χ0) is 19.6. The first-order chi connectivity index (χ1) is 13.7. The van der Waals surface area contributed by atoms with Crippen LogP contribution in [0.5, 0.6) is 0 Å². The van der Waals surface area contributed by atoms with Crippen molar-refractivity contribution in [3.63, 3.8) is 0 Å². The van der Waals surface area contributed by atoms with E-state index in [0.717, 1.165) is 62.2 Å². The summed E-state index contributed by atoms with van der Waals surface area (Å²) < 4.78 is 11.2. The van der Waals surface area contributed by atoms with Gasteiger partial charge in [-0.3, -0.25) is 0 Å². The topological polar surface area (TPSA) is 74.9 Å². The van der Waals surface area contributed by atoms with Gasteiger partial charge in [0.25, 0.3) is 0 Å². The van der Waals surface area contributed by atoms with Gasteiger partial charge < -0.3 is 24.7 Å². The maximum atomic E-state index is 5.82. The molecule has 0 saturated carbocycles. The molecule has 0 spiro atoms. The predicted octanol–water partition coefficient (Wildman–Crippen LogP) is 2.59. The van der Waals surface area contributed by atoms with Crippen LogP contribution in [-0.2, 0) is 17.7 Å². The highest BCUT2D eigenvalue weighted by molar-refractivity contribution is 5.79. The maximum Gasteiger partial charge on any atom is 0.191 e. The van der Waals surface area contributed by atoms with Crippen molar-refractivity contribution in [3.8, 4) is 0 Å². The Kier molecular flexibility index (Phi) is 7.72. The first kappa shape index (κ1) is 20.2. The zero-order valence-corrected chi connectivity index (χ0v) is 16.9. The molecule has 0 amide bonds. The second-order valence-electron chi connectivity index (χ2n) is 7.17. The number of hydrogen-bond acceptors (Lipinski definition) is 5. The van der Waals surface area contributed by atoms with Gasteiger partial charge in [-0.1, -0.05) is 6.07 Å². The van der Waals surface area contributed by atoms with E-state index in [4.69, 9.17) is 14.1 Å². The highest BCUT2D eigenvalue weighted by Crippen LogP contribution is 2.12. The highest BCUT2D eigenvalue weighted by atomic mass is 16.5. The van der Waals surface area contributed by atoms with Gasteiger partial charge in [-0.25, -0.2) is 9.98 Å². The number of nitrogens with zero attached hydrogens (tertiary/aromatic N) is 3. The van der Waals surface area contributed by atoms with E-state index in [1.54, 1.807) is 6.26 Å². The molecule has 3 rings (SSSR count). The number of guanidine groups is 1. The van der Waals surface area contributed by atoms with Crippen LogP contribution in [0.1, 0.15) is 30.7 Å². The second-order valence-corrected chi connectivity index (χ2v) is 7.17. The zero-order valence-electron chi connectivity index (χ0n) is 16.9. The third kappa shape index (κ3) is 6.56. The van der Waals surface area contributed by atoms with Crippen LogP contribution in [0.2, 0.25) is 0 Å². The van der Waals surface area contributed by atoms with Crippen LogP contribution in [0.25, 0.3) is 0 Å². The molecule has 28 heavy (non-hydrogen) atoms. The number of rotatable bonds is 8. The van der Waals surface area contributed by atoms with Crippen LogP contribution in [0.15, 0.2) is 46.0 Å². The number of furan rings is 1. The average molecular weight is 386 g/mol. The number of ether oxygens (including phenoxy) is 1. The van der Waals surface area contributed by atoms with Crippen LogP contribution >= 0.6 is 0 Å². The van der Waals surface area contributed by atoms with Crippen molar-refractivity contribution in [2.75, 3.05) is 38.7 Å². The van der Waals surface area contributed by atoms with Crippen molar-refractivity contribution in [2.45, 2.75) is 38.3 Å². The monoisotopic (exact) mass is 385 g/mol. The molecule has 1 unspecified atom stereocenters. The standard InChI is InChI=1S/C21H31N5O2/c1-26(2)20-10-5-7-17(25-20)15-23-21(22-12-11-18-9-6-14-27-18)24-16-19-8-3-4-13-28-19/h5-7,9-10,14,19H,3-4,8,11-13,15-16H2,1-2H3,(H2,22,23,24). The van der Waals surface area contributed by atoms with Crippen molar-refractivity contribution >= 4 is 11.8 Å². The molecule has 1 aliphatic rings. The predicted molar refractivity (Wildman–Crippen MR) is 112 cm³/mol. The van der Waals surface area contributed by atoms with E-state index in [0.29, 0.717) is 6.54 Å². The Bertz CT molecular complexity index is 724. The second kappa shape index (κ2) is 10.7. The summed E-state index contributed by atoms with van der Waals surface area (Å²) in [6.45, 7) is 2.88. The maximum absolute atomic E-state index is 5.82. The molecule has 7 heteroatoms. The summed E-state index contributed by atoms with van der Waals surface area (Å²) >= 11 is 0. The van der Waals surface area contributed by atoms with E-state index in [-0.39, 0.29) is 6.10 Å². The Labute approximate surface area is 167 Å². The van der Waals surface area contributed by atoms with Gasteiger partial charge >= 0.3 is 0 Å². The fourth-order valence-electron chi connectivity index (χ4n) is 3.08. The van der Waals surface area contributed by atoms with Gasteiger partial charge in [0.2, 0.25) is 0 Å². The summed E-state index contributed by atoms with van der Waals surface area (Å²) in [4.78, 5) is 11.4.